The van der Waals surface area contributed by atoms with Gasteiger partial charge >= 0.3 is 0 Å². The molecule has 2 heteroatoms. The minimum absolute atomic E-state index is 1.13. The fraction of sp³-hybridized carbons (Fsp3) is 0.364. The van der Waals surface area contributed by atoms with Crippen LogP contribution in [0.4, 0.5) is 0 Å². The molecule has 0 amide bonds. The fourth-order valence-corrected chi connectivity index (χ4v) is 1.96. The first-order valence-electron chi connectivity index (χ1n) is 4.59. The first-order chi connectivity index (χ1) is 6.25. The van der Waals surface area contributed by atoms with E-state index in [1.54, 1.807) is 11.3 Å². The Labute approximate surface area is 83.4 Å². The third-order valence-electron chi connectivity index (χ3n) is 1.65. The second-order valence-electron chi connectivity index (χ2n) is 2.70. The molecular formula is C11H15NS. The summed E-state index contributed by atoms with van der Waals surface area (Å²) in [5.74, 6) is 0. The summed E-state index contributed by atoms with van der Waals surface area (Å²) in [6, 6.07) is 6.38. The molecule has 0 saturated carbocycles. The van der Waals surface area contributed by atoms with Crippen molar-refractivity contribution in [3.05, 3.63) is 28.8 Å². The molecule has 2 aromatic rings. The standard InChI is InChI=1S/C9H9NS.C2H6/c1-6-3-4-9-8(5-6)10-7(2)11-9;1-2/h3-5H,1-2H3;1-2H3. The molecule has 0 unspecified atom stereocenters. The van der Waals surface area contributed by atoms with E-state index < -0.39 is 0 Å². The second kappa shape index (κ2) is 4.38. The van der Waals surface area contributed by atoms with Gasteiger partial charge in [-0.3, -0.25) is 0 Å². The molecule has 0 saturated heterocycles. The number of benzene rings is 1. The highest BCUT2D eigenvalue weighted by molar-refractivity contribution is 7.18. The van der Waals surface area contributed by atoms with Gasteiger partial charge in [-0.25, -0.2) is 4.98 Å². The van der Waals surface area contributed by atoms with Crippen LogP contribution in [0.1, 0.15) is 24.4 Å². The number of aryl methyl sites for hydroxylation is 2. The van der Waals surface area contributed by atoms with Gasteiger partial charge in [-0.15, -0.1) is 11.3 Å². The predicted octanol–water partition coefficient (Wildman–Crippen LogP) is 3.94. The van der Waals surface area contributed by atoms with E-state index in [2.05, 4.69) is 30.1 Å². The molecule has 13 heavy (non-hydrogen) atoms. The molecule has 1 heterocycles. The molecule has 0 N–H and O–H groups in total. The Hall–Kier alpha value is -0.890. The molecule has 0 fully saturated rings. The zero-order valence-electron chi connectivity index (χ0n) is 8.59. The lowest BCUT2D eigenvalue weighted by Crippen LogP contribution is -1.71. The Bertz CT molecular complexity index is 390. The number of aromatic nitrogens is 1. The van der Waals surface area contributed by atoms with Crippen molar-refractivity contribution in [1.82, 2.24) is 4.98 Å². The molecule has 0 atom stereocenters. The van der Waals surface area contributed by atoms with Crippen molar-refractivity contribution in [2.75, 3.05) is 0 Å². The van der Waals surface area contributed by atoms with E-state index in [1.807, 2.05) is 20.8 Å². The first-order valence-corrected chi connectivity index (χ1v) is 5.41. The van der Waals surface area contributed by atoms with E-state index in [0.717, 1.165) is 10.5 Å². The van der Waals surface area contributed by atoms with Gasteiger partial charge in [0, 0.05) is 0 Å². The number of thiazole rings is 1. The van der Waals surface area contributed by atoms with Crippen LogP contribution in [-0.2, 0) is 0 Å². The van der Waals surface area contributed by atoms with Crippen LogP contribution in [0.15, 0.2) is 18.2 Å². The zero-order chi connectivity index (χ0) is 9.84. The van der Waals surface area contributed by atoms with E-state index in [9.17, 15) is 0 Å². The minimum Gasteiger partial charge on any atom is -0.242 e. The van der Waals surface area contributed by atoms with Gasteiger partial charge in [0.1, 0.15) is 0 Å². The van der Waals surface area contributed by atoms with Crippen molar-refractivity contribution >= 4 is 21.6 Å². The number of rotatable bonds is 0. The summed E-state index contributed by atoms with van der Waals surface area (Å²) >= 11 is 1.75. The van der Waals surface area contributed by atoms with Crippen LogP contribution in [-0.4, -0.2) is 4.98 Å². The summed E-state index contributed by atoms with van der Waals surface area (Å²) in [5.41, 5.74) is 2.41. The van der Waals surface area contributed by atoms with Crippen molar-refractivity contribution in [1.29, 1.82) is 0 Å². The SMILES string of the molecule is CC.Cc1ccc2sc(C)nc2c1. The van der Waals surface area contributed by atoms with Gasteiger partial charge in [0.25, 0.3) is 0 Å². The van der Waals surface area contributed by atoms with Crippen molar-refractivity contribution in [2.24, 2.45) is 0 Å². The van der Waals surface area contributed by atoms with Gasteiger partial charge < -0.3 is 0 Å². The molecule has 1 aromatic carbocycles. The Morgan fingerprint density at radius 2 is 1.85 bits per heavy atom. The van der Waals surface area contributed by atoms with Gasteiger partial charge in [0.2, 0.25) is 0 Å². The maximum atomic E-state index is 4.39. The molecule has 0 aliphatic heterocycles. The molecule has 0 aliphatic carbocycles. The maximum absolute atomic E-state index is 4.39. The van der Waals surface area contributed by atoms with Crippen LogP contribution in [0.3, 0.4) is 0 Å². The average molecular weight is 193 g/mol. The third-order valence-corrected chi connectivity index (χ3v) is 2.60. The summed E-state index contributed by atoms with van der Waals surface area (Å²) in [6.45, 7) is 8.13. The van der Waals surface area contributed by atoms with Gasteiger partial charge in [0.05, 0.1) is 15.2 Å². The second-order valence-corrected chi connectivity index (χ2v) is 3.94. The van der Waals surface area contributed by atoms with E-state index >= 15 is 0 Å². The molecule has 0 spiro atoms. The Balaban J connectivity index is 0.000000396. The van der Waals surface area contributed by atoms with E-state index in [0.29, 0.717) is 0 Å². The minimum atomic E-state index is 1.13. The maximum Gasteiger partial charge on any atom is 0.0907 e. The lowest BCUT2D eigenvalue weighted by molar-refractivity contribution is 1.34. The highest BCUT2D eigenvalue weighted by atomic mass is 32.1. The van der Waals surface area contributed by atoms with Crippen molar-refractivity contribution in [2.45, 2.75) is 27.7 Å². The Morgan fingerprint density at radius 1 is 1.15 bits per heavy atom. The summed E-state index contributed by atoms with van der Waals surface area (Å²) < 4.78 is 1.29. The molecule has 0 aliphatic rings. The first kappa shape index (κ1) is 10.2. The van der Waals surface area contributed by atoms with Crippen LogP contribution in [0, 0.1) is 13.8 Å². The van der Waals surface area contributed by atoms with Crippen LogP contribution >= 0.6 is 11.3 Å². The van der Waals surface area contributed by atoms with Crippen LogP contribution in [0.5, 0.6) is 0 Å². The summed E-state index contributed by atoms with van der Waals surface area (Å²) in [4.78, 5) is 4.39. The molecular weight excluding hydrogens is 178 g/mol. The summed E-state index contributed by atoms with van der Waals surface area (Å²) in [5, 5.41) is 1.14. The zero-order valence-corrected chi connectivity index (χ0v) is 9.40. The molecule has 0 bridgehead atoms. The van der Waals surface area contributed by atoms with Crippen LogP contribution < -0.4 is 0 Å². The van der Waals surface area contributed by atoms with E-state index in [1.165, 1.54) is 10.3 Å². The van der Waals surface area contributed by atoms with Crippen molar-refractivity contribution in [3.63, 3.8) is 0 Å². The molecule has 70 valence electrons. The Kier molecular flexibility index (Phi) is 3.43. The summed E-state index contributed by atoms with van der Waals surface area (Å²) in [7, 11) is 0. The molecule has 1 aromatic heterocycles. The van der Waals surface area contributed by atoms with Crippen LogP contribution in [0.2, 0.25) is 0 Å². The summed E-state index contributed by atoms with van der Waals surface area (Å²) in [6.07, 6.45) is 0. The van der Waals surface area contributed by atoms with Crippen molar-refractivity contribution in [3.8, 4) is 0 Å². The quantitative estimate of drug-likeness (QED) is 0.617. The van der Waals surface area contributed by atoms with Crippen LogP contribution in [0.25, 0.3) is 10.2 Å². The van der Waals surface area contributed by atoms with Crippen molar-refractivity contribution < 1.29 is 0 Å². The highest BCUT2D eigenvalue weighted by Gasteiger charge is 1.98. The lowest BCUT2D eigenvalue weighted by Gasteiger charge is -1.88. The number of hydrogen-bond acceptors (Lipinski definition) is 2. The smallest absolute Gasteiger partial charge is 0.0907 e. The predicted molar refractivity (Wildman–Crippen MR) is 60.4 cm³/mol. The normalized spacial score (nSPS) is 9.54. The molecule has 2 rings (SSSR count). The number of hydrogen-bond donors (Lipinski definition) is 0. The Morgan fingerprint density at radius 3 is 2.54 bits per heavy atom. The lowest BCUT2D eigenvalue weighted by atomic mass is 10.2. The largest absolute Gasteiger partial charge is 0.242 e. The van der Waals surface area contributed by atoms with Gasteiger partial charge in [-0.1, -0.05) is 19.9 Å². The topological polar surface area (TPSA) is 12.9 Å². The highest BCUT2D eigenvalue weighted by Crippen LogP contribution is 2.21. The van der Waals surface area contributed by atoms with E-state index in [-0.39, 0.29) is 0 Å². The molecule has 0 radical (unpaired) electrons. The average Bonchev–Trinajstić information content (AvgIpc) is 2.48. The van der Waals surface area contributed by atoms with Gasteiger partial charge in [-0.05, 0) is 31.5 Å². The third kappa shape index (κ3) is 2.28. The van der Waals surface area contributed by atoms with Gasteiger partial charge in [0.15, 0.2) is 0 Å². The van der Waals surface area contributed by atoms with E-state index in [4.69, 9.17) is 0 Å². The monoisotopic (exact) mass is 193 g/mol. The number of nitrogens with zero attached hydrogens (tertiary/aromatic N) is 1. The number of fused-ring (bicyclic) bond motifs is 1. The molecule has 1 nitrogen and oxygen atoms in total. The fourth-order valence-electron chi connectivity index (χ4n) is 1.15. The van der Waals surface area contributed by atoms with Gasteiger partial charge in [-0.2, -0.15) is 0 Å².